The van der Waals surface area contributed by atoms with E-state index in [1.54, 1.807) is 18.3 Å². The van der Waals surface area contributed by atoms with Crippen molar-refractivity contribution in [1.29, 1.82) is 0 Å². The first-order chi connectivity index (χ1) is 10.2. The molecule has 2 aliphatic heterocycles. The van der Waals surface area contributed by atoms with Crippen LogP contribution in [0.1, 0.15) is 31.2 Å². The Hall–Kier alpha value is -1.52. The third-order valence-electron chi connectivity index (χ3n) is 5.07. The van der Waals surface area contributed by atoms with Crippen LogP contribution in [0.25, 0.3) is 10.9 Å². The van der Waals surface area contributed by atoms with Crippen LogP contribution in [0, 0.1) is 5.82 Å². The number of benzene rings is 1. The van der Waals surface area contributed by atoms with Gasteiger partial charge in [-0.1, -0.05) is 6.07 Å². The van der Waals surface area contributed by atoms with Gasteiger partial charge in [0.05, 0.1) is 5.52 Å². The molecule has 0 spiro atoms. The van der Waals surface area contributed by atoms with Crippen molar-refractivity contribution < 1.29 is 4.39 Å². The van der Waals surface area contributed by atoms with Gasteiger partial charge in [-0.15, -0.1) is 0 Å². The average Bonchev–Trinajstić information content (AvgIpc) is 2.73. The van der Waals surface area contributed by atoms with Gasteiger partial charge in [0.25, 0.3) is 0 Å². The summed E-state index contributed by atoms with van der Waals surface area (Å²) in [6.07, 6.45) is 6.40. The fourth-order valence-electron chi connectivity index (χ4n) is 4.10. The monoisotopic (exact) mass is 285 g/mol. The van der Waals surface area contributed by atoms with E-state index in [4.69, 9.17) is 5.73 Å². The molecule has 1 aromatic heterocycles. The zero-order valence-corrected chi connectivity index (χ0v) is 12.0. The number of hydrogen-bond acceptors (Lipinski definition) is 3. The Morgan fingerprint density at radius 2 is 1.95 bits per heavy atom. The Bertz CT molecular complexity index is 658. The molecule has 110 valence electrons. The highest BCUT2D eigenvalue weighted by Gasteiger charge is 2.39. The van der Waals surface area contributed by atoms with Crippen LogP contribution in [-0.2, 0) is 6.54 Å². The Kier molecular flexibility index (Phi) is 3.16. The Morgan fingerprint density at radius 1 is 1.19 bits per heavy atom. The molecule has 0 saturated carbocycles. The first kappa shape index (κ1) is 13.2. The van der Waals surface area contributed by atoms with Gasteiger partial charge < -0.3 is 5.73 Å². The lowest BCUT2D eigenvalue weighted by atomic mass is 9.97. The van der Waals surface area contributed by atoms with Gasteiger partial charge >= 0.3 is 0 Å². The maximum absolute atomic E-state index is 13.9. The summed E-state index contributed by atoms with van der Waals surface area (Å²) in [5.74, 6) is -0.189. The fraction of sp³-hybridized carbons (Fsp3) is 0.471. The van der Waals surface area contributed by atoms with E-state index in [-0.39, 0.29) is 5.82 Å². The molecular weight excluding hydrogens is 265 g/mol. The van der Waals surface area contributed by atoms with Crippen LogP contribution in [0.3, 0.4) is 0 Å². The molecule has 0 radical (unpaired) electrons. The molecule has 4 heteroatoms. The van der Waals surface area contributed by atoms with E-state index < -0.39 is 0 Å². The van der Waals surface area contributed by atoms with Gasteiger partial charge in [-0.05, 0) is 49.4 Å². The van der Waals surface area contributed by atoms with Crippen molar-refractivity contribution in [2.45, 2.75) is 50.4 Å². The number of aromatic nitrogens is 1. The Balaban J connectivity index is 1.68. The van der Waals surface area contributed by atoms with Crippen molar-refractivity contribution in [3.8, 4) is 0 Å². The van der Waals surface area contributed by atoms with Crippen LogP contribution < -0.4 is 5.73 Å². The van der Waals surface area contributed by atoms with Gasteiger partial charge in [0.2, 0.25) is 0 Å². The van der Waals surface area contributed by atoms with Crippen LogP contribution in [0.2, 0.25) is 0 Å². The van der Waals surface area contributed by atoms with Crippen LogP contribution in [-0.4, -0.2) is 28.0 Å². The summed E-state index contributed by atoms with van der Waals surface area (Å²) in [5.41, 5.74) is 8.06. The zero-order valence-electron chi connectivity index (χ0n) is 12.0. The van der Waals surface area contributed by atoms with Crippen molar-refractivity contribution in [3.63, 3.8) is 0 Å². The molecule has 2 unspecified atom stereocenters. The lowest BCUT2D eigenvalue weighted by Crippen LogP contribution is -2.46. The summed E-state index contributed by atoms with van der Waals surface area (Å²) in [7, 11) is 0. The minimum Gasteiger partial charge on any atom is -0.328 e. The second-order valence-electron chi connectivity index (χ2n) is 6.39. The highest BCUT2D eigenvalue weighted by atomic mass is 19.1. The number of rotatable bonds is 2. The molecular formula is C17H20FN3. The predicted molar refractivity (Wildman–Crippen MR) is 81.3 cm³/mol. The van der Waals surface area contributed by atoms with Crippen molar-refractivity contribution >= 4 is 10.9 Å². The third-order valence-corrected chi connectivity index (χ3v) is 5.07. The number of nitrogens with two attached hydrogens (primary N) is 1. The summed E-state index contributed by atoms with van der Waals surface area (Å²) in [6.45, 7) is 0.857. The van der Waals surface area contributed by atoms with Gasteiger partial charge in [0.1, 0.15) is 5.82 Å². The molecule has 2 N–H and O–H groups in total. The smallest absolute Gasteiger partial charge is 0.132 e. The van der Waals surface area contributed by atoms with Gasteiger partial charge in [-0.2, -0.15) is 0 Å². The molecule has 2 atom stereocenters. The molecule has 2 fully saturated rings. The summed E-state index contributed by atoms with van der Waals surface area (Å²) >= 11 is 0. The number of piperidine rings is 1. The van der Waals surface area contributed by atoms with E-state index in [1.165, 1.54) is 12.8 Å². The van der Waals surface area contributed by atoms with E-state index in [0.717, 1.165) is 30.5 Å². The minimum absolute atomic E-state index is 0.189. The van der Waals surface area contributed by atoms with Gasteiger partial charge in [0, 0.05) is 36.3 Å². The first-order valence-electron chi connectivity index (χ1n) is 7.76. The van der Waals surface area contributed by atoms with E-state index >= 15 is 0 Å². The average molecular weight is 285 g/mol. The van der Waals surface area contributed by atoms with Crippen molar-refractivity contribution in [3.05, 3.63) is 41.8 Å². The molecule has 2 aliphatic rings. The highest BCUT2D eigenvalue weighted by molar-refractivity contribution is 5.82. The van der Waals surface area contributed by atoms with Gasteiger partial charge in [-0.25, -0.2) is 4.39 Å². The fourth-order valence-corrected chi connectivity index (χ4v) is 4.10. The Labute approximate surface area is 124 Å². The van der Waals surface area contributed by atoms with Crippen LogP contribution >= 0.6 is 0 Å². The third kappa shape index (κ3) is 2.23. The normalized spacial score (nSPS) is 29.1. The second kappa shape index (κ2) is 5.04. The summed E-state index contributed by atoms with van der Waals surface area (Å²) in [5, 5.41) is 0.621. The van der Waals surface area contributed by atoms with Gasteiger partial charge in [0.15, 0.2) is 0 Å². The predicted octanol–water partition coefficient (Wildman–Crippen LogP) is 2.83. The lowest BCUT2D eigenvalue weighted by Gasteiger charge is -2.37. The molecule has 1 aromatic carbocycles. The van der Waals surface area contributed by atoms with Crippen LogP contribution in [0.5, 0.6) is 0 Å². The Morgan fingerprint density at radius 3 is 2.71 bits per heavy atom. The minimum atomic E-state index is -0.189. The molecule has 2 aromatic rings. The molecule has 0 amide bonds. The summed E-state index contributed by atoms with van der Waals surface area (Å²) < 4.78 is 13.9. The topological polar surface area (TPSA) is 42.1 Å². The maximum Gasteiger partial charge on any atom is 0.132 e. The molecule has 21 heavy (non-hydrogen) atoms. The maximum atomic E-state index is 13.9. The van der Waals surface area contributed by atoms with E-state index in [0.29, 0.717) is 23.5 Å². The molecule has 4 rings (SSSR count). The van der Waals surface area contributed by atoms with Crippen molar-refractivity contribution in [2.75, 3.05) is 0 Å². The molecule has 0 aliphatic carbocycles. The molecule has 2 saturated heterocycles. The second-order valence-corrected chi connectivity index (χ2v) is 6.39. The number of nitrogens with zero attached hydrogens (tertiary/aromatic N) is 2. The van der Waals surface area contributed by atoms with Crippen LogP contribution in [0.15, 0.2) is 30.5 Å². The van der Waals surface area contributed by atoms with Crippen molar-refractivity contribution in [2.24, 2.45) is 5.73 Å². The summed E-state index contributed by atoms with van der Waals surface area (Å²) in [6, 6.07) is 8.57. The van der Waals surface area contributed by atoms with E-state index in [9.17, 15) is 4.39 Å². The summed E-state index contributed by atoms with van der Waals surface area (Å²) in [4.78, 5) is 6.96. The molecule has 2 bridgehead atoms. The van der Waals surface area contributed by atoms with E-state index in [1.807, 2.05) is 12.1 Å². The van der Waals surface area contributed by atoms with Gasteiger partial charge in [-0.3, -0.25) is 9.88 Å². The van der Waals surface area contributed by atoms with Crippen LogP contribution in [0.4, 0.5) is 4.39 Å². The molecule has 3 heterocycles. The standard InChI is InChI=1S/C17H20FN3/c18-16-6-3-11(17-15(16)2-1-7-20-17)10-21-13-4-5-14(21)9-12(19)8-13/h1-3,6-7,12-14H,4-5,8-10,19H2. The number of halogens is 1. The first-order valence-corrected chi connectivity index (χ1v) is 7.76. The SMILES string of the molecule is NC1CC2CCC(C1)N2Cc1ccc(F)c2cccnc12. The zero-order chi connectivity index (χ0) is 14.4. The molecule has 3 nitrogen and oxygen atoms in total. The number of hydrogen-bond donors (Lipinski definition) is 1. The number of pyridine rings is 1. The quantitative estimate of drug-likeness (QED) is 0.922. The highest BCUT2D eigenvalue weighted by Crippen LogP contribution is 2.36. The van der Waals surface area contributed by atoms with Crippen molar-refractivity contribution in [1.82, 2.24) is 9.88 Å². The largest absolute Gasteiger partial charge is 0.328 e. The lowest BCUT2D eigenvalue weighted by molar-refractivity contribution is 0.120. The number of fused-ring (bicyclic) bond motifs is 3. The van der Waals surface area contributed by atoms with E-state index in [2.05, 4.69) is 9.88 Å².